The van der Waals surface area contributed by atoms with Crippen LogP contribution in [0.5, 0.6) is 0 Å². The third kappa shape index (κ3) is 2.69. The third-order valence-electron chi connectivity index (χ3n) is 3.48. The second kappa shape index (κ2) is 5.57. The molecule has 0 aromatic heterocycles. The van der Waals surface area contributed by atoms with E-state index in [-0.39, 0.29) is 23.1 Å². The largest absolute Gasteiger partial charge is 0.370 e. The number of nitro benzene ring substituents is 1. The number of hydrogen-bond acceptors (Lipinski definition) is 5. The Bertz CT molecular complexity index is 594. The number of nitrogens with zero attached hydrogens (tertiary/aromatic N) is 3. The van der Waals surface area contributed by atoms with Crippen molar-refractivity contribution in [3.05, 3.63) is 33.9 Å². The molecule has 1 aromatic rings. The number of nitriles is 1. The SMILES string of the molecule is N#Cc1cc([N+](=O)[O-])ccc1N1CCCC(C(N)=O)C1. The Hall–Kier alpha value is -2.62. The standard InChI is InChI=1S/C13H14N4O3/c14-7-10-6-11(17(19)20)3-4-12(10)16-5-1-2-9(8-16)13(15)18/h3-4,6,9H,1-2,5,8H2,(H2,15,18). The van der Waals surface area contributed by atoms with E-state index in [1.165, 1.54) is 12.1 Å². The van der Waals surface area contributed by atoms with Crippen molar-refractivity contribution in [1.29, 1.82) is 5.26 Å². The number of non-ortho nitro benzene ring substituents is 1. The maximum atomic E-state index is 11.3. The smallest absolute Gasteiger partial charge is 0.270 e. The van der Waals surface area contributed by atoms with Crippen molar-refractivity contribution >= 4 is 17.3 Å². The second-order valence-corrected chi connectivity index (χ2v) is 4.76. The van der Waals surface area contributed by atoms with Crippen LogP contribution in [0.3, 0.4) is 0 Å². The lowest BCUT2D eigenvalue weighted by Crippen LogP contribution is -2.41. The van der Waals surface area contributed by atoms with Gasteiger partial charge in [0.25, 0.3) is 5.69 Å². The summed E-state index contributed by atoms with van der Waals surface area (Å²) in [5, 5.41) is 19.9. The first kappa shape index (κ1) is 13.8. The number of hydrogen-bond donors (Lipinski definition) is 1. The minimum Gasteiger partial charge on any atom is -0.370 e. The number of carbonyl (C=O) groups excluding carboxylic acids is 1. The molecular formula is C13H14N4O3. The van der Waals surface area contributed by atoms with E-state index in [1.807, 2.05) is 11.0 Å². The summed E-state index contributed by atoms with van der Waals surface area (Å²) in [6.07, 6.45) is 1.54. The van der Waals surface area contributed by atoms with Gasteiger partial charge in [-0.2, -0.15) is 5.26 Å². The molecule has 0 aliphatic carbocycles. The summed E-state index contributed by atoms with van der Waals surface area (Å²) in [5.74, 6) is -0.597. The number of anilines is 1. The van der Waals surface area contributed by atoms with Crippen LogP contribution in [-0.2, 0) is 4.79 Å². The fraction of sp³-hybridized carbons (Fsp3) is 0.385. The second-order valence-electron chi connectivity index (χ2n) is 4.76. The van der Waals surface area contributed by atoms with Gasteiger partial charge >= 0.3 is 0 Å². The van der Waals surface area contributed by atoms with Crippen LogP contribution in [0.1, 0.15) is 18.4 Å². The van der Waals surface area contributed by atoms with Crippen LogP contribution in [0.2, 0.25) is 0 Å². The zero-order valence-electron chi connectivity index (χ0n) is 10.8. The Balaban J connectivity index is 2.30. The third-order valence-corrected chi connectivity index (χ3v) is 3.48. The number of amides is 1. The minimum absolute atomic E-state index is 0.117. The first-order valence-electron chi connectivity index (χ1n) is 6.25. The van der Waals surface area contributed by atoms with Crippen LogP contribution in [-0.4, -0.2) is 23.9 Å². The summed E-state index contributed by atoms with van der Waals surface area (Å²) in [6, 6.07) is 6.14. The monoisotopic (exact) mass is 274 g/mol. The first-order valence-corrected chi connectivity index (χ1v) is 6.25. The van der Waals surface area contributed by atoms with Crippen molar-refractivity contribution in [2.45, 2.75) is 12.8 Å². The average Bonchev–Trinajstić information content (AvgIpc) is 2.46. The summed E-state index contributed by atoms with van der Waals surface area (Å²) in [7, 11) is 0. The summed E-state index contributed by atoms with van der Waals surface area (Å²) in [5.41, 5.74) is 6.06. The zero-order valence-corrected chi connectivity index (χ0v) is 10.8. The molecule has 2 rings (SSSR count). The van der Waals surface area contributed by atoms with Crippen LogP contribution in [0.25, 0.3) is 0 Å². The van der Waals surface area contributed by atoms with Crippen LogP contribution in [0, 0.1) is 27.4 Å². The molecule has 1 aliphatic rings. The van der Waals surface area contributed by atoms with Gasteiger partial charge in [-0.15, -0.1) is 0 Å². The van der Waals surface area contributed by atoms with E-state index in [2.05, 4.69) is 0 Å². The zero-order chi connectivity index (χ0) is 14.7. The lowest BCUT2D eigenvalue weighted by molar-refractivity contribution is -0.384. The van der Waals surface area contributed by atoms with Crippen LogP contribution < -0.4 is 10.6 Å². The quantitative estimate of drug-likeness (QED) is 0.656. The summed E-state index contributed by atoms with van der Waals surface area (Å²) >= 11 is 0. The van der Waals surface area contributed by atoms with E-state index in [4.69, 9.17) is 11.0 Å². The van der Waals surface area contributed by atoms with E-state index < -0.39 is 4.92 Å². The molecule has 0 spiro atoms. The highest BCUT2D eigenvalue weighted by Gasteiger charge is 2.26. The van der Waals surface area contributed by atoms with Crippen LogP contribution >= 0.6 is 0 Å². The molecule has 1 fully saturated rings. The number of carbonyl (C=O) groups is 1. The topological polar surface area (TPSA) is 113 Å². The van der Waals surface area contributed by atoms with Gasteiger partial charge in [-0.25, -0.2) is 0 Å². The Morgan fingerprint density at radius 2 is 2.30 bits per heavy atom. The number of primary amides is 1. The van der Waals surface area contributed by atoms with Crippen molar-refractivity contribution in [2.24, 2.45) is 11.7 Å². The number of rotatable bonds is 3. The van der Waals surface area contributed by atoms with Gasteiger partial charge in [0.1, 0.15) is 6.07 Å². The molecule has 1 unspecified atom stereocenters. The van der Waals surface area contributed by atoms with Crippen molar-refractivity contribution in [1.82, 2.24) is 0 Å². The lowest BCUT2D eigenvalue weighted by Gasteiger charge is -2.33. The Morgan fingerprint density at radius 3 is 2.90 bits per heavy atom. The number of nitrogens with two attached hydrogens (primary N) is 1. The highest BCUT2D eigenvalue weighted by atomic mass is 16.6. The number of benzene rings is 1. The normalized spacial score (nSPS) is 18.4. The van der Waals surface area contributed by atoms with Gasteiger partial charge in [0.15, 0.2) is 0 Å². The Labute approximate surface area is 115 Å². The lowest BCUT2D eigenvalue weighted by atomic mass is 9.96. The Morgan fingerprint density at radius 1 is 1.55 bits per heavy atom. The average molecular weight is 274 g/mol. The van der Waals surface area contributed by atoms with Gasteiger partial charge in [0, 0.05) is 25.2 Å². The van der Waals surface area contributed by atoms with Crippen molar-refractivity contribution in [3.8, 4) is 6.07 Å². The van der Waals surface area contributed by atoms with E-state index in [9.17, 15) is 14.9 Å². The van der Waals surface area contributed by atoms with Gasteiger partial charge in [-0.3, -0.25) is 14.9 Å². The number of nitro groups is 1. The predicted molar refractivity (Wildman–Crippen MR) is 71.9 cm³/mol. The van der Waals surface area contributed by atoms with Gasteiger partial charge in [0.2, 0.25) is 5.91 Å². The first-order chi connectivity index (χ1) is 9.52. The molecular weight excluding hydrogens is 260 g/mol. The molecule has 1 aliphatic heterocycles. The predicted octanol–water partition coefficient (Wildman–Crippen LogP) is 1.17. The molecule has 1 atom stereocenters. The molecule has 0 saturated carbocycles. The molecule has 0 bridgehead atoms. The summed E-state index contributed by atoms with van der Waals surface area (Å²) in [6.45, 7) is 1.15. The molecule has 2 N–H and O–H groups in total. The molecule has 1 saturated heterocycles. The highest BCUT2D eigenvalue weighted by Crippen LogP contribution is 2.28. The van der Waals surface area contributed by atoms with Gasteiger partial charge in [0.05, 0.1) is 22.1 Å². The van der Waals surface area contributed by atoms with Crippen LogP contribution in [0.15, 0.2) is 18.2 Å². The highest BCUT2D eigenvalue weighted by molar-refractivity contribution is 5.78. The summed E-state index contributed by atoms with van der Waals surface area (Å²) in [4.78, 5) is 23.3. The molecule has 1 amide bonds. The maximum Gasteiger partial charge on any atom is 0.270 e. The molecule has 7 nitrogen and oxygen atoms in total. The Kier molecular flexibility index (Phi) is 3.84. The minimum atomic E-state index is -0.535. The van der Waals surface area contributed by atoms with Gasteiger partial charge in [-0.1, -0.05) is 0 Å². The van der Waals surface area contributed by atoms with E-state index >= 15 is 0 Å². The molecule has 0 radical (unpaired) electrons. The molecule has 1 aromatic carbocycles. The number of piperidine rings is 1. The molecule has 7 heteroatoms. The van der Waals surface area contributed by atoms with Crippen molar-refractivity contribution < 1.29 is 9.72 Å². The maximum absolute atomic E-state index is 11.3. The molecule has 20 heavy (non-hydrogen) atoms. The van der Waals surface area contributed by atoms with Crippen molar-refractivity contribution in [2.75, 3.05) is 18.0 Å². The summed E-state index contributed by atoms with van der Waals surface area (Å²) < 4.78 is 0. The fourth-order valence-corrected chi connectivity index (χ4v) is 2.43. The molecule has 1 heterocycles. The molecule has 104 valence electrons. The van der Waals surface area contributed by atoms with E-state index in [1.54, 1.807) is 6.07 Å². The van der Waals surface area contributed by atoms with Gasteiger partial charge in [-0.05, 0) is 18.9 Å². The fourth-order valence-electron chi connectivity index (χ4n) is 2.43. The van der Waals surface area contributed by atoms with E-state index in [0.29, 0.717) is 18.8 Å². The van der Waals surface area contributed by atoms with Crippen molar-refractivity contribution in [3.63, 3.8) is 0 Å². The van der Waals surface area contributed by atoms with Gasteiger partial charge < -0.3 is 10.6 Å². The van der Waals surface area contributed by atoms with E-state index in [0.717, 1.165) is 12.8 Å². The van der Waals surface area contributed by atoms with Crippen LogP contribution in [0.4, 0.5) is 11.4 Å².